The van der Waals surface area contributed by atoms with Crippen LogP contribution in [0.2, 0.25) is 0 Å². The van der Waals surface area contributed by atoms with Crippen LogP contribution in [0.25, 0.3) is 21.3 Å². The van der Waals surface area contributed by atoms with E-state index < -0.39 is 0 Å². The monoisotopic (exact) mass is 411 g/mol. The van der Waals surface area contributed by atoms with Crippen molar-refractivity contribution in [2.45, 2.75) is 53.1 Å². The smallest absolute Gasteiger partial charge is 0.262 e. The molecule has 0 saturated heterocycles. The van der Waals surface area contributed by atoms with Crippen LogP contribution >= 0.6 is 11.3 Å². The van der Waals surface area contributed by atoms with Gasteiger partial charge in [0.05, 0.1) is 11.7 Å². The van der Waals surface area contributed by atoms with Crippen LogP contribution in [0.5, 0.6) is 0 Å². The zero-order valence-electron chi connectivity index (χ0n) is 17.8. The summed E-state index contributed by atoms with van der Waals surface area (Å²) in [5.74, 6) is 0.586. The summed E-state index contributed by atoms with van der Waals surface area (Å²) in [6, 6.07) is 8.33. The quantitative estimate of drug-likeness (QED) is 0.565. The Kier molecular flexibility index (Phi) is 6.52. The van der Waals surface area contributed by atoms with Gasteiger partial charge in [0.1, 0.15) is 4.83 Å². The SMILES string of the molecule is Cc1ccc(-c2csc3ncn(CCC(=O)N(C)C(C)CC(C)C)c(=O)c23)cc1. The minimum absolute atomic E-state index is 0.0502. The molecular weight excluding hydrogens is 382 g/mol. The van der Waals surface area contributed by atoms with Crippen LogP contribution in [-0.4, -0.2) is 33.4 Å². The minimum Gasteiger partial charge on any atom is -0.343 e. The molecule has 0 radical (unpaired) electrons. The summed E-state index contributed by atoms with van der Waals surface area (Å²) in [5, 5.41) is 2.62. The molecule has 2 aromatic heterocycles. The van der Waals surface area contributed by atoms with E-state index in [4.69, 9.17) is 0 Å². The van der Waals surface area contributed by atoms with Gasteiger partial charge in [-0.15, -0.1) is 11.3 Å². The number of carbonyl (C=O) groups is 1. The fourth-order valence-corrected chi connectivity index (χ4v) is 4.46. The van der Waals surface area contributed by atoms with Crippen molar-refractivity contribution in [2.24, 2.45) is 5.92 Å². The fraction of sp³-hybridized carbons (Fsp3) is 0.435. The molecule has 0 spiro atoms. The standard InChI is InChI=1S/C23H29N3O2S/c1-15(2)12-17(4)25(5)20(27)10-11-26-14-24-22-21(23(26)28)19(13-29-22)18-8-6-16(3)7-9-18/h6-9,13-15,17H,10-12H2,1-5H3. The molecule has 3 aromatic rings. The Hall–Kier alpha value is -2.47. The summed E-state index contributed by atoms with van der Waals surface area (Å²) in [6.45, 7) is 8.75. The molecule has 1 unspecified atom stereocenters. The molecule has 0 aliphatic heterocycles. The van der Waals surface area contributed by atoms with Crippen molar-refractivity contribution in [3.05, 3.63) is 51.9 Å². The first kappa shape index (κ1) is 21.2. The maximum atomic E-state index is 13.1. The Morgan fingerprint density at radius 3 is 2.55 bits per heavy atom. The molecule has 1 aromatic carbocycles. The van der Waals surface area contributed by atoms with Gasteiger partial charge in [-0.25, -0.2) is 4.98 Å². The van der Waals surface area contributed by atoms with Crippen LogP contribution in [0.15, 0.2) is 40.8 Å². The van der Waals surface area contributed by atoms with Crippen LogP contribution in [-0.2, 0) is 11.3 Å². The van der Waals surface area contributed by atoms with Crippen molar-refractivity contribution in [3.8, 4) is 11.1 Å². The topological polar surface area (TPSA) is 55.2 Å². The number of thiophene rings is 1. The Bertz CT molecular complexity index is 1050. The highest BCUT2D eigenvalue weighted by Crippen LogP contribution is 2.30. The molecule has 0 bridgehead atoms. The van der Waals surface area contributed by atoms with Gasteiger partial charge in [0.15, 0.2) is 0 Å². The molecule has 0 saturated carbocycles. The Morgan fingerprint density at radius 1 is 1.21 bits per heavy atom. The first-order chi connectivity index (χ1) is 13.8. The lowest BCUT2D eigenvalue weighted by Gasteiger charge is -2.26. The molecule has 1 atom stereocenters. The van der Waals surface area contributed by atoms with Crippen molar-refractivity contribution in [3.63, 3.8) is 0 Å². The molecule has 0 N–H and O–H groups in total. The van der Waals surface area contributed by atoms with E-state index in [1.54, 1.807) is 15.8 Å². The number of carbonyl (C=O) groups excluding carboxylic acids is 1. The van der Waals surface area contributed by atoms with Gasteiger partial charge in [-0.2, -0.15) is 0 Å². The Morgan fingerprint density at radius 2 is 1.90 bits per heavy atom. The third kappa shape index (κ3) is 4.75. The highest BCUT2D eigenvalue weighted by Gasteiger charge is 2.18. The van der Waals surface area contributed by atoms with E-state index in [-0.39, 0.29) is 23.9 Å². The maximum Gasteiger partial charge on any atom is 0.262 e. The predicted molar refractivity (Wildman–Crippen MR) is 120 cm³/mol. The summed E-state index contributed by atoms with van der Waals surface area (Å²) in [6.07, 6.45) is 2.81. The van der Waals surface area contributed by atoms with Crippen molar-refractivity contribution >= 4 is 27.5 Å². The molecule has 0 fully saturated rings. The summed E-state index contributed by atoms with van der Waals surface area (Å²) in [5.41, 5.74) is 3.01. The zero-order chi connectivity index (χ0) is 21.1. The third-order valence-electron chi connectivity index (χ3n) is 5.36. The first-order valence-electron chi connectivity index (χ1n) is 10.1. The molecule has 6 heteroatoms. The van der Waals surface area contributed by atoms with E-state index in [1.165, 1.54) is 16.9 Å². The van der Waals surface area contributed by atoms with Crippen LogP contribution in [0.4, 0.5) is 0 Å². The van der Waals surface area contributed by atoms with Crippen molar-refractivity contribution in [2.75, 3.05) is 7.05 Å². The van der Waals surface area contributed by atoms with Crippen molar-refractivity contribution < 1.29 is 4.79 Å². The Labute approximate surface area is 176 Å². The number of nitrogens with zero attached hydrogens (tertiary/aromatic N) is 3. The van der Waals surface area contributed by atoms with Crippen molar-refractivity contribution in [1.82, 2.24) is 14.5 Å². The number of rotatable bonds is 7. The van der Waals surface area contributed by atoms with Gasteiger partial charge in [-0.05, 0) is 31.7 Å². The second kappa shape index (κ2) is 8.91. The largest absolute Gasteiger partial charge is 0.343 e. The van der Waals surface area contributed by atoms with Gasteiger partial charge in [0.25, 0.3) is 5.56 Å². The average Bonchev–Trinajstić information content (AvgIpc) is 3.11. The van der Waals surface area contributed by atoms with Crippen molar-refractivity contribution in [1.29, 1.82) is 0 Å². The molecule has 2 heterocycles. The normalized spacial score (nSPS) is 12.5. The van der Waals surface area contributed by atoms with Gasteiger partial charge < -0.3 is 4.90 Å². The lowest BCUT2D eigenvalue weighted by Crippen LogP contribution is -2.36. The number of aromatic nitrogens is 2. The summed E-state index contributed by atoms with van der Waals surface area (Å²) >= 11 is 1.48. The second-order valence-electron chi connectivity index (χ2n) is 8.17. The van der Waals surface area contributed by atoms with Crippen LogP contribution in [0, 0.1) is 12.8 Å². The molecule has 0 aliphatic carbocycles. The molecule has 154 valence electrons. The summed E-state index contributed by atoms with van der Waals surface area (Å²) < 4.78 is 1.56. The number of aryl methyl sites for hydroxylation is 2. The Balaban J connectivity index is 1.81. The molecule has 0 aliphatic rings. The molecule has 29 heavy (non-hydrogen) atoms. The predicted octanol–water partition coefficient (Wildman–Crippen LogP) is 4.72. The minimum atomic E-state index is -0.0856. The van der Waals surface area contributed by atoms with E-state index in [2.05, 4.69) is 25.8 Å². The number of amides is 1. The van der Waals surface area contributed by atoms with Gasteiger partial charge in [0.2, 0.25) is 5.91 Å². The third-order valence-corrected chi connectivity index (χ3v) is 6.24. The molecule has 1 amide bonds. The lowest BCUT2D eigenvalue weighted by molar-refractivity contribution is -0.132. The van der Waals surface area contributed by atoms with Crippen LogP contribution in [0.1, 0.15) is 39.2 Å². The van der Waals surface area contributed by atoms with E-state index in [1.807, 2.05) is 43.6 Å². The van der Waals surface area contributed by atoms with Gasteiger partial charge in [-0.1, -0.05) is 43.7 Å². The second-order valence-corrected chi connectivity index (χ2v) is 9.03. The fourth-order valence-electron chi connectivity index (χ4n) is 3.55. The highest BCUT2D eigenvalue weighted by molar-refractivity contribution is 7.17. The van der Waals surface area contributed by atoms with E-state index in [0.29, 0.717) is 17.8 Å². The number of fused-ring (bicyclic) bond motifs is 1. The molecule has 3 rings (SSSR count). The van der Waals surface area contributed by atoms with Gasteiger partial charge in [-0.3, -0.25) is 14.2 Å². The van der Waals surface area contributed by atoms with Crippen LogP contribution in [0.3, 0.4) is 0 Å². The van der Waals surface area contributed by atoms with Gasteiger partial charge >= 0.3 is 0 Å². The number of hydrogen-bond acceptors (Lipinski definition) is 4. The van der Waals surface area contributed by atoms with Crippen LogP contribution < -0.4 is 5.56 Å². The van der Waals surface area contributed by atoms with E-state index >= 15 is 0 Å². The van der Waals surface area contributed by atoms with E-state index in [9.17, 15) is 9.59 Å². The maximum absolute atomic E-state index is 13.1. The summed E-state index contributed by atoms with van der Waals surface area (Å²) in [7, 11) is 1.84. The average molecular weight is 412 g/mol. The lowest BCUT2D eigenvalue weighted by atomic mass is 10.0. The van der Waals surface area contributed by atoms with E-state index in [0.717, 1.165) is 22.4 Å². The molecular formula is C23H29N3O2S. The molecule has 5 nitrogen and oxygen atoms in total. The zero-order valence-corrected chi connectivity index (χ0v) is 18.6. The van der Waals surface area contributed by atoms with Gasteiger partial charge in [0, 0.05) is 37.0 Å². The highest BCUT2D eigenvalue weighted by atomic mass is 32.1. The number of hydrogen-bond donors (Lipinski definition) is 0. The summed E-state index contributed by atoms with van der Waals surface area (Å²) in [4.78, 5) is 32.7. The number of benzene rings is 1. The first-order valence-corrected chi connectivity index (χ1v) is 10.9.